The molecule has 1 aromatic carbocycles. The Morgan fingerprint density at radius 2 is 2.12 bits per heavy atom. The normalized spacial score (nSPS) is 15.4. The monoisotopic (exact) mass is 228 g/mol. The van der Waals surface area contributed by atoms with Crippen molar-refractivity contribution >= 4 is 5.91 Å². The zero-order chi connectivity index (χ0) is 12.5. The van der Waals surface area contributed by atoms with Crippen LogP contribution in [0.4, 0.5) is 0 Å². The lowest BCUT2D eigenvalue weighted by Crippen LogP contribution is -2.42. The van der Waals surface area contributed by atoms with E-state index in [4.69, 9.17) is 5.26 Å². The van der Waals surface area contributed by atoms with Crippen LogP contribution in [0.3, 0.4) is 0 Å². The molecule has 1 heterocycles. The molecular formula is C14H16N2O. The highest BCUT2D eigenvalue weighted by Crippen LogP contribution is 2.22. The Morgan fingerprint density at radius 3 is 2.82 bits per heavy atom. The summed E-state index contributed by atoms with van der Waals surface area (Å²) in [6.07, 6.45) is 0.878. The fourth-order valence-corrected chi connectivity index (χ4v) is 2.14. The minimum absolute atomic E-state index is 0.0511. The van der Waals surface area contributed by atoms with Crippen LogP contribution in [0, 0.1) is 16.7 Å². The number of amides is 1. The molecule has 0 aliphatic carbocycles. The van der Waals surface area contributed by atoms with E-state index >= 15 is 0 Å². The zero-order valence-corrected chi connectivity index (χ0v) is 10.2. The van der Waals surface area contributed by atoms with E-state index in [2.05, 4.69) is 6.07 Å². The molecule has 1 aromatic rings. The second kappa shape index (κ2) is 4.21. The van der Waals surface area contributed by atoms with E-state index in [9.17, 15) is 4.79 Å². The number of benzene rings is 1. The van der Waals surface area contributed by atoms with Crippen molar-refractivity contribution in [1.29, 1.82) is 5.26 Å². The average Bonchev–Trinajstić information content (AvgIpc) is 2.33. The van der Waals surface area contributed by atoms with Crippen molar-refractivity contribution in [3.05, 3.63) is 35.4 Å². The Bertz CT molecular complexity index is 485. The first-order chi connectivity index (χ1) is 8.03. The molecule has 2 rings (SSSR count). The molecule has 17 heavy (non-hydrogen) atoms. The highest BCUT2D eigenvalue weighted by Gasteiger charge is 2.29. The fourth-order valence-electron chi connectivity index (χ4n) is 2.14. The molecule has 88 valence electrons. The summed E-state index contributed by atoms with van der Waals surface area (Å²) in [5.41, 5.74) is 1.41. The van der Waals surface area contributed by atoms with E-state index in [0.717, 1.165) is 17.5 Å². The van der Waals surface area contributed by atoms with Crippen LogP contribution in [0.1, 0.15) is 29.8 Å². The number of fused-ring (bicyclic) bond motifs is 1. The number of nitriles is 1. The lowest BCUT2D eigenvalue weighted by Gasteiger charge is -2.32. The number of carbonyl (C=O) groups is 1. The van der Waals surface area contributed by atoms with Gasteiger partial charge in [0.25, 0.3) is 5.91 Å². The molecule has 0 fully saturated rings. The Labute approximate surface area is 102 Å². The fraction of sp³-hybridized carbons (Fsp3) is 0.429. The minimum Gasteiger partial charge on any atom is -0.337 e. The Morgan fingerprint density at radius 1 is 1.41 bits per heavy atom. The van der Waals surface area contributed by atoms with Gasteiger partial charge in [-0.1, -0.05) is 18.2 Å². The van der Waals surface area contributed by atoms with Crippen LogP contribution < -0.4 is 0 Å². The van der Waals surface area contributed by atoms with Gasteiger partial charge in [-0.3, -0.25) is 4.79 Å². The zero-order valence-electron chi connectivity index (χ0n) is 10.2. The summed E-state index contributed by atoms with van der Waals surface area (Å²) in [6.45, 7) is 4.93. The molecule has 0 aromatic heterocycles. The van der Waals surface area contributed by atoms with Crippen molar-refractivity contribution in [2.24, 2.45) is 5.41 Å². The SMILES string of the molecule is CC(C)(C#N)CN1CCc2ccccc2C1=O. The molecule has 0 saturated carbocycles. The summed E-state index contributed by atoms with van der Waals surface area (Å²) in [7, 11) is 0. The standard InChI is InChI=1S/C14H16N2O/c1-14(2,9-15)10-16-8-7-11-5-3-4-6-12(11)13(16)17/h3-6H,7-8,10H2,1-2H3. The third-order valence-corrected chi connectivity index (χ3v) is 3.07. The number of rotatable bonds is 2. The van der Waals surface area contributed by atoms with Crippen molar-refractivity contribution in [2.45, 2.75) is 20.3 Å². The molecule has 1 aliphatic rings. The second-order valence-corrected chi connectivity index (χ2v) is 5.13. The highest BCUT2D eigenvalue weighted by atomic mass is 16.2. The van der Waals surface area contributed by atoms with Gasteiger partial charge in [0.1, 0.15) is 0 Å². The molecule has 3 nitrogen and oxygen atoms in total. The van der Waals surface area contributed by atoms with E-state index in [1.807, 2.05) is 38.1 Å². The van der Waals surface area contributed by atoms with Crippen LogP contribution in [-0.4, -0.2) is 23.9 Å². The van der Waals surface area contributed by atoms with Crippen molar-refractivity contribution in [3.63, 3.8) is 0 Å². The third-order valence-electron chi connectivity index (χ3n) is 3.07. The summed E-state index contributed by atoms with van der Waals surface area (Å²) in [4.78, 5) is 14.0. The number of carbonyl (C=O) groups excluding carboxylic acids is 1. The maximum Gasteiger partial charge on any atom is 0.254 e. The number of hydrogen-bond acceptors (Lipinski definition) is 2. The Kier molecular flexibility index (Phi) is 2.89. The van der Waals surface area contributed by atoms with Gasteiger partial charge in [-0.25, -0.2) is 0 Å². The largest absolute Gasteiger partial charge is 0.337 e. The third kappa shape index (κ3) is 2.31. The summed E-state index contributed by atoms with van der Waals surface area (Å²) >= 11 is 0. The first-order valence-corrected chi connectivity index (χ1v) is 5.82. The Balaban J connectivity index is 2.22. The van der Waals surface area contributed by atoms with Crippen LogP contribution in [0.15, 0.2) is 24.3 Å². The van der Waals surface area contributed by atoms with Crippen molar-refractivity contribution < 1.29 is 4.79 Å². The molecule has 0 radical (unpaired) electrons. The molecule has 1 amide bonds. The first kappa shape index (κ1) is 11.7. The van der Waals surface area contributed by atoms with Crippen molar-refractivity contribution in [1.82, 2.24) is 4.90 Å². The van der Waals surface area contributed by atoms with Crippen LogP contribution in [0.2, 0.25) is 0 Å². The van der Waals surface area contributed by atoms with Crippen LogP contribution >= 0.6 is 0 Å². The molecule has 3 heteroatoms. The molecule has 0 bridgehead atoms. The maximum atomic E-state index is 12.2. The van der Waals surface area contributed by atoms with Gasteiger partial charge < -0.3 is 4.90 Å². The van der Waals surface area contributed by atoms with Crippen LogP contribution in [0.25, 0.3) is 0 Å². The van der Waals surface area contributed by atoms with Gasteiger partial charge in [-0.15, -0.1) is 0 Å². The van der Waals surface area contributed by atoms with Gasteiger partial charge in [0.05, 0.1) is 11.5 Å². The molecule has 0 spiro atoms. The quantitative estimate of drug-likeness (QED) is 0.779. The summed E-state index contributed by atoms with van der Waals surface area (Å²) in [6, 6.07) is 9.95. The summed E-state index contributed by atoms with van der Waals surface area (Å²) < 4.78 is 0. The van der Waals surface area contributed by atoms with E-state index < -0.39 is 5.41 Å². The number of nitrogens with zero attached hydrogens (tertiary/aromatic N) is 2. The van der Waals surface area contributed by atoms with Crippen molar-refractivity contribution in [3.8, 4) is 6.07 Å². The molecule has 1 aliphatic heterocycles. The van der Waals surface area contributed by atoms with E-state index in [-0.39, 0.29) is 5.91 Å². The number of hydrogen-bond donors (Lipinski definition) is 0. The maximum absolute atomic E-state index is 12.2. The van der Waals surface area contributed by atoms with Gasteiger partial charge in [0.2, 0.25) is 0 Å². The second-order valence-electron chi connectivity index (χ2n) is 5.13. The van der Waals surface area contributed by atoms with Gasteiger partial charge >= 0.3 is 0 Å². The first-order valence-electron chi connectivity index (χ1n) is 5.82. The Hall–Kier alpha value is -1.82. The summed E-state index contributed by atoms with van der Waals surface area (Å²) in [5, 5.41) is 9.02. The van der Waals surface area contributed by atoms with Crippen LogP contribution in [-0.2, 0) is 6.42 Å². The average molecular weight is 228 g/mol. The minimum atomic E-state index is -0.484. The topological polar surface area (TPSA) is 44.1 Å². The lowest BCUT2D eigenvalue weighted by atomic mass is 9.92. The molecule has 0 atom stereocenters. The van der Waals surface area contributed by atoms with Gasteiger partial charge in [0.15, 0.2) is 0 Å². The van der Waals surface area contributed by atoms with Gasteiger partial charge in [0, 0.05) is 18.7 Å². The highest BCUT2D eigenvalue weighted by molar-refractivity contribution is 5.96. The van der Waals surface area contributed by atoms with Gasteiger partial charge in [-0.05, 0) is 31.9 Å². The van der Waals surface area contributed by atoms with Gasteiger partial charge in [-0.2, -0.15) is 5.26 Å². The molecule has 0 N–H and O–H groups in total. The van der Waals surface area contributed by atoms with Crippen molar-refractivity contribution in [2.75, 3.05) is 13.1 Å². The predicted octanol–water partition coefficient (Wildman–Crippen LogP) is 2.23. The lowest BCUT2D eigenvalue weighted by molar-refractivity contribution is 0.0697. The predicted molar refractivity (Wildman–Crippen MR) is 65.4 cm³/mol. The van der Waals surface area contributed by atoms with E-state index in [1.165, 1.54) is 0 Å². The van der Waals surface area contributed by atoms with Crippen LogP contribution in [0.5, 0.6) is 0 Å². The molecule has 0 saturated heterocycles. The summed E-state index contributed by atoms with van der Waals surface area (Å²) in [5.74, 6) is 0.0511. The van der Waals surface area contributed by atoms with E-state index in [0.29, 0.717) is 13.1 Å². The van der Waals surface area contributed by atoms with E-state index in [1.54, 1.807) is 4.90 Å². The smallest absolute Gasteiger partial charge is 0.254 e. The molecular weight excluding hydrogens is 212 g/mol. The molecule has 0 unspecified atom stereocenters.